The lowest BCUT2D eigenvalue weighted by molar-refractivity contribution is 0.524. The molecule has 0 fully saturated rings. The van der Waals surface area contributed by atoms with Gasteiger partial charge in [-0.15, -0.1) is 0 Å². The van der Waals surface area contributed by atoms with Crippen LogP contribution in [0.4, 0.5) is 11.6 Å². The Morgan fingerprint density at radius 2 is 1.65 bits per heavy atom. The third kappa shape index (κ3) is 5.35. The van der Waals surface area contributed by atoms with Crippen LogP contribution in [0.15, 0.2) is 6.07 Å². The largest absolute Gasteiger partial charge is 0.373 e. The van der Waals surface area contributed by atoms with Gasteiger partial charge < -0.3 is 10.6 Å². The minimum absolute atomic E-state index is 0.0511. The van der Waals surface area contributed by atoms with Gasteiger partial charge in [-0.3, -0.25) is 0 Å². The zero-order valence-corrected chi connectivity index (χ0v) is 14.0. The lowest BCUT2D eigenvalue weighted by Gasteiger charge is -2.21. The van der Waals surface area contributed by atoms with Gasteiger partial charge in [0.05, 0.1) is 0 Å². The van der Waals surface area contributed by atoms with Crippen LogP contribution in [0.5, 0.6) is 0 Å². The Kier molecular flexibility index (Phi) is 5.78. The van der Waals surface area contributed by atoms with Gasteiger partial charge in [-0.05, 0) is 25.7 Å². The Balaban J connectivity index is 2.84. The smallest absolute Gasteiger partial charge is 0.138 e. The van der Waals surface area contributed by atoms with Crippen LogP contribution in [-0.4, -0.2) is 23.1 Å². The summed E-state index contributed by atoms with van der Waals surface area (Å²) < 4.78 is 0. The van der Waals surface area contributed by atoms with Gasteiger partial charge in [-0.2, -0.15) is 0 Å². The van der Waals surface area contributed by atoms with E-state index in [0.29, 0.717) is 6.04 Å². The second kappa shape index (κ2) is 6.91. The van der Waals surface area contributed by atoms with E-state index >= 15 is 0 Å². The molecule has 4 heteroatoms. The van der Waals surface area contributed by atoms with Crippen molar-refractivity contribution in [1.82, 2.24) is 9.97 Å². The maximum atomic E-state index is 4.66. The minimum atomic E-state index is -0.0511. The van der Waals surface area contributed by atoms with Gasteiger partial charge in [0, 0.05) is 24.6 Å². The Bertz CT molecular complexity index is 421. The van der Waals surface area contributed by atoms with E-state index in [1.54, 1.807) is 0 Å². The molecule has 114 valence electrons. The van der Waals surface area contributed by atoms with E-state index in [9.17, 15) is 0 Å². The van der Waals surface area contributed by atoms with Gasteiger partial charge in [0.25, 0.3) is 0 Å². The molecule has 1 atom stereocenters. The molecule has 4 nitrogen and oxygen atoms in total. The average molecular weight is 278 g/mol. The highest BCUT2D eigenvalue weighted by molar-refractivity contribution is 5.48. The number of nitrogens with zero attached hydrogens (tertiary/aromatic N) is 2. The second-order valence-corrected chi connectivity index (χ2v) is 6.98. The van der Waals surface area contributed by atoms with E-state index < -0.39 is 0 Å². The van der Waals surface area contributed by atoms with E-state index in [4.69, 9.17) is 0 Å². The maximum absolute atomic E-state index is 4.66. The van der Waals surface area contributed by atoms with Gasteiger partial charge in [0.1, 0.15) is 17.5 Å². The highest BCUT2D eigenvalue weighted by Gasteiger charge is 2.19. The molecule has 0 saturated heterocycles. The molecule has 0 saturated carbocycles. The summed E-state index contributed by atoms with van der Waals surface area (Å²) in [7, 11) is 1.89. The van der Waals surface area contributed by atoms with Crippen molar-refractivity contribution in [2.75, 3.05) is 17.7 Å². The van der Waals surface area contributed by atoms with Gasteiger partial charge in [-0.1, -0.05) is 34.6 Å². The quantitative estimate of drug-likeness (QED) is 0.824. The lowest BCUT2D eigenvalue weighted by Crippen LogP contribution is -2.21. The summed E-state index contributed by atoms with van der Waals surface area (Å²) in [4.78, 5) is 9.20. The Morgan fingerprint density at radius 3 is 2.15 bits per heavy atom. The fraction of sp³-hybridized carbons (Fsp3) is 0.750. The van der Waals surface area contributed by atoms with Gasteiger partial charge in [0.2, 0.25) is 0 Å². The molecular formula is C16H30N4. The normalized spacial score (nSPS) is 13.4. The van der Waals surface area contributed by atoms with Gasteiger partial charge in [0.15, 0.2) is 0 Å². The average Bonchev–Trinajstić information content (AvgIpc) is 2.34. The summed E-state index contributed by atoms with van der Waals surface area (Å²) in [6, 6.07) is 2.39. The van der Waals surface area contributed by atoms with Crippen molar-refractivity contribution in [1.29, 1.82) is 0 Å². The first-order chi connectivity index (χ1) is 9.22. The molecule has 0 radical (unpaired) electrons. The molecule has 0 spiro atoms. The fourth-order valence-electron chi connectivity index (χ4n) is 1.89. The molecule has 1 aromatic heterocycles. The zero-order chi connectivity index (χ0) is 15.3. The number of aromatic nitrogens is 2. The molecular weight excluding hydrogens is 248 g/mol. The molecule has 1 heterocycles. The lowest BCUT2D eigenvalue weighted by atomic mass is 9.96. The molecule has 2 N–H and O–H groups in total. The van der Waals surface area contributed by atoms with E-state index in [1.165, 1.54) is 6.42 Å². The highest BCUT2D eigenvalue weighted by Crippen LogP contribution is 2.22. The van der Waals surface area contributed by atoms with Crippen LogP contribution in [0, 0.1) is 5.92 Å². The van der Waals surface area contributed by atoms with Crippen molar-refractivity contribution in [3.63, 3.8) is 0 Å². The monoisotopic (exact) mass is 278 g/mol. The van der Waals surface area contributed by atoms with Crippen molar-refractivity contribution in [3.8, 4) is 0 Å². The number of hydrogen-bond acceptors (Lipinski definition) is 4. The summed E-state index contributed by atoms with van der Waals surface area (Å²) in [6.45, 7) is 13.1. The maximum Gasteiger partial charge on any atom is 0.138 e. The molecule has 0 amide bonds. The molecule has 0 aliphatic rings. The molecule has 0 aromatic carbocycles. The van der Waals surface area contributed by atoms with E-state index in [-0.39, 0.29) is 5.41 Å². The first-order valence-corrected chi connectivity index (χ1v) is 7.56. The van der Waals surface area contributed by atoms with Crippen LogP contribution >= 0.6 is 0 Å². The third-order valence-corrected chi connectivity index (χ3v) is 3.22. The molecule has 1 unspecified atom stereocenters. The van der Waals surface area contributed by atoms with Crippen LogP contribution < -0.4 is 10.6 Å². The zero-order valence-electron chi connectivity index (χ0n) is 14.0. The van der Waals surface area contributed by atoms with Crippen molar-refractivity contribution in [2.24, 2.45) is 5.92 Å². The molecule has 0 aliphatic carbocycles. The summed E-state index contributed by atoms with van der Waals surface area (Å²) in [5.74, 6) is 3.37. The number of rotatable bonds is 6. The van der Waals surface area contributed by atoms with Crippen LogP contribution in [0.25, 0.3) is 0 Å². The summed E-state index contributed by atoms with van der Waals surface area (Å²) in [6.07, 6.45) is 2.38. The summed E-state index contributed by atoms with van der Waals surface area (Å²) in [5, 5.41) is 6.61. The minimum Gasteiger partial charge on any atom is -0.373 e. The fourth-order valence-corrected chi connectivity index (χ4v) is 1.89. The van der Waals surface area contributed by atoms with Gasteiger partial charge >= 0.3 is 0 Å². The van der Waals surface area contributed by atoms with Gasteiger partial charge in [-0.25, -0.2) is 9.97 Å². The second-order valence-electron chi connectivity index (χ2n) is 6.98. The van der Waals surface area contributed by atoms with Crippen molar-refractivity contribution >= 4 is 11.6 Å². The Labute approximate surface area is 123 Å². The SMILES string of the molecule is CNc1cc(NC(C)CCC(C)C)nc(C(C)(C)C)n1. The third-order valence-electron chi connectivity index (χ3n) is 3.22. The number of nitrogens with one attached hydrogen (secondary N) is 2. The number of hydrogen-bond donors (Lipinski definition) is 2. The Hall–Kier alpha value is -1.32. The van der Waals surface area contributed by atoms with E-state index in [2.05, 4.69) is 62.1 Å². The van der Waals surface area contributed by atoms with E-state index in [1.807, 2.05) is 13.1 Å². The Morgan fingerprint density at radius 1 is 1.05 bits per heavy atom. The molecule has 0 bridgehead atoms. The van der Waals surface area contributed by atoms with Crippen LogP contribution in [0.2, 0.25) is 0 Å². The molecule has 0 aliphatic heterocycles. The van der Waals surface area contributed by atoms with Crippen molar-refractivity contribution in [2.45, 2.75) is 65.8 Å². The van der Waals surface area contributed by atoms with Crippen molar-refractivity contribution in [3.05, 3.63) is 11.9 Å². The number of anilines is 2. The van der Waals surface area contributed by atoms with Crippen LogP contribution in [0.1, 0.15) is 60.2 Å². The molecule has 1 rings (SSSR count). The first-order valence-electron chi connectivity index (χ1n) is 7.56. The van der Waals surface area contributed by atoms with E-state index in [0.717, 1.165) is 29.8 Å². The predicted molar refractivity (Wildman–Crippen MR) is 87.4 cm³/mol. The van der Waals surface area contributed by atoms with Crippen LogP contribution in [-0.2, 0) is 5.41 Å². The van der Waals surface area contributed by atoms with Crippen molar-refractivity contribution < 1.29 is 0 Å². The molecule has 20 heavy (non-hydrogen) atoms. The van der Waals surface area contributed by atoms with Crippen LogP contribution in [0.3, 0.4) is 0 Å². The standard InChI is InChI=1S/C16H30N4/c1-11(2)8-9-12(3)18-14-10-13(17-7)19-15(20-14)16(4,5)6/h10-12H,8-9H2,1-7H3,(H2,17,18,19,20). The molecule has 1 aromatic rings. The highest BCUT2D eigenvalue weighted by atomic mass is 15.1. The summed E-state index contributed by atoms with van der Waals surface area (Å²) >= 11 is 0. The predicted octanol–water partition coefficient (Wildman–Crippen LogP) is 4.05. The summed E-state index contributed by atoms with van der Waals surface area (Å²) in [5.41, 5.74) is -0.0511. The topological polar surface area (TPSA) is 49.8 Å². The first kappa shape index (κ1) is 16.7.